The number of anilines is 1. The number of halogens is 1. The van der Waals surface area contributed by atoms with Crippen LogP contribution in [0, 0.1) is 0 Å². The van der Waals surface area contributed by atoms with E-state index in [4.69, 9.17) is 33.3 Å². The minimum absolute atomic E-state index is 0.128. The number of thioether (sulfide) groups is 1. The number of aryl methyl sites for hydroxylation is 1. The minimum atomic E-state index is -0.128. The van der Waals surface area contributed by atoms with Crippen molar-refractivity contribution >= 4 is 57.6 Å². The van der Waals surface area contributed by atoms with Crippen LogP contribution < -0.4 is 14.4 Å². The highest BCUT2D eigenvalue weighted by Gasteiger charge is 2.33. The smallest absolute Gasteiger partial charge is 0.270 e. The maximum atomic E-state index is 13.1. The Labute approximate surface area is 214 Å². The summed E-state index contributed by atoms with van der Waals surface area (Å²) < 4.78 is 12.3. The van der Waals surface area contributed by atoms with E-state index in [1.165, 1.54) is 17.3 Å². The van der Waals surface area contributed by atoms with E-state index in [0.29, 0.717) is 39.0 Å². The molecule has 0 spiro atoms. The van der Waals surface area contributed by atoms with Gasteiger partial charge in [-0.25, -0.2) is 0 Å². The second-order valence-electron chi connectivity index (χ2n) is 7.56. The molecule has 0 saturated carbocycles. The summed E-state index contributed by atoms with van der Waals surface area (Å²) in [6.45, 7) is 4.83. The molecule has 1 aliphatic heterocycles. The molecule has 0 radical (unpaired) electrons. The van der Waals surface area contributed by atoms with Crippen molar-refractivity contribution in [2.75, 3.05) is 11.5 Å². The van der Waals surface area contributed by atoms with Crippen LogP contribution in [0.15, 0.2) is 71.6 Å². The number of benzene rings is 3. The van der Waals surface area contributed by atoms with Gasteiger partial charge in [0.2, 0.25) is 0 Å². The third-order valence-corrected chi connectivity index (χ3v) is 6.97. The van der Waals surface area contributed by atoms with Crippen molar-refractivity contribution in [3.05, 3.63) is 93.3 Å². The second-order valence-corrected chi connectivity index (χ2v) is 9.64. The molecule has 3 aromatic rings. The number of thiocarbonyl (C=S) groups is 1. The van der Waals surface area contributed by atoms with Gasteiger partial charge < -0.3 is 9.47 Å². The Bertz CT molecular complexity index is 1240. The first-order valence-electron chi connectivity index (χ1n) is 11.0. The number of nitrogens with zero attached hydrogens (tertiary/aromatic N) is 1. The molecule has 34 heavy (non-hydrogen) atoms. The molecule has 1 aliphatic rings. The first-order valence-corrected chi connectivity index (χ1v) is 12.6. The Balaban J connectivity index is 1.54. The quantitative estimate of drug-likeness (QED) is 0.235. The zero-order valence-corrected chi connectivity index (χ0v) is 21.3. The number of hydrogen-bond acceptors (Lipinski definition) is 5. The van der Waals surface area contributed by atoms with Gasteiger partial charge >= 0.3 is 0 Å². The Morgan fingerprint density at radius 3 is 2.47 bits per heavy atom. The van der Waals surface area contributed by atoms with Crippen molar-refractivity contribution in [1.29, 1.82) is 0 Å². The molecule has 0 aromatic heterocycles. The predicted octanol–water partition coefficient (Wildman–Crippen LogP) is 7.29. The number of rotatable bonds is 8. The van der Waals surface area contributed by atoms with Gasteiger partial charge in [0.1, 0.15) is 6.61 Å². The normalized spacial score (nSPS) is 14.7. The Kier molecular flexibility index (Phi) is 7.93. The lowest BCUT2D eigenvalue weighted by Gasteiger charge is -2.15. The predicted molar refractivity (Wildman–Crippen MR) is 145 cm³/mol. The van der Waals surface area contributed by atoms with Gasteiger partial charge in [0, 0.05) is 10.6 Å². The highest BCUT2D eigenvalue weighted by Crippen LogP contribution is 2.37. The van der Waals surface area contributed by atoms with Gasteiger partial charge in [-0.05, 0) is 60.9 Å². The van der Waals surface area contributed by atoms with Crippen LogP contribution in [0.25, 0.3) is 6.08 Å². The summed E-state index contributed by atoms with van der Waals surface area (Å²) >= 11 is 13.0. The lowest BCUT2D eigenvalue weighted by molar-refractivity contribution is -0.113. The van der Waals surface area contributed by atoms with Gasteiger partial charge in [0.15, 0.2) is 15.8 Å². The Morgan fingerprint density at radius 2 is 1.76 bits per heavy atom. The van der Waals surface area contributed by atoms with Crippen LogP contribution in [0.2, 0.25) is 5.02 Å². The van der Waals surface area contributed by atoms with E-state index in [-0.39, 0.29) is 5.91 Å². The van der Waals surface area contributed by atoms with Gasteiger partial charge in [0.25, 0.3) is 5.91 Å². The Hall–Kier alpha value is -2.80. The lowest BCUT2D eigenvalue weighted by atomic mass is 10.1. The van der Waals surface area contributed by atoms with Gasteiger partial charge in [-0.15, -0.1) is 0 Å². The van der Waals surface area contributed by atoms with Crippen LogP contribution >= 0.6 is 35.6 Å². The summed E-state index contributed by atoms with van der Waals surface area (Å²) in [6.07, 6.45) is 2.78. The highest BCUT2D eigenvalue weighted by atomic mass is 35.5. The van der Waals surface area contributed by atoms with E-state index < -0.39 is 0 Å². The van der Waals surface area contributed by atoms with Gasteiger partial charge in [0.05, 0.1) is 17.2 Å². The molecule has 7 heteroatoms. The molecule has 0 bridgehead atoms. The molecule has 0 N–H and O–H groups in total. The number of carbonyl (C=O) groups is 1. The molecule has 3 aromatic carbocycles. The summed E-state index contributed by atoms with van der Waals surface area (Å²) in [5.74, 6) is 1.09. The summed E-state index contributed by atoms with van der Waals surface area (Å²) in [7, 11) is 0. The average Bonchev–Trinajstić information content (AvgIpc) is 3.12. The monoisotopic (exact) mass is 509 g/mol. The van der Waals surface area contributed by atoms with E-state index in [0.717, 1.165) is 23.2 Å². The topological polar surface area (TPSA) is 38.8 Å². The van der Waals surface area contributed by atoms with E-state index in [2.05, 4.69) is 6.92 Å². The zero-order chi connectivity index (χ0) is 24.1. The molecule has 1 amide bonds. The number of ether oxygens (including phenoxy) is 2. The molecule has 1 heterocycles. The van der Waals surface area contributed by atoms with Crippen molar-refractivity contribution in [2.45, 2.75) is 26.9 Å². The maximum Gasteiger partial charge on any atom is 0.270 e. The van der Waals surface area contributed by atoms with Crippen molar-refractivity contribution < 1.29 is 14.3 Å². The molecule has 174 valence electrons. The molecule has 0 atom stereocenters. The van der Waals surface area contributed by atoms with Crippen molar-refractivity contribution in [3.63, 3.8) is 0 Å². The maximum absolute atomic E-state index is 13.1. The van der Waals surface area contributed by atoms with Crippen LogP contribution in [0.1, 0.15) is 30.5 Å². The van der Waals surface area contributed by atoms with Crippen molar-refractivity contribution in [2.24, 2.45) is 0 Å². The van der Waals surface area contributed by atoms with E-state index in [9.17, 15) is 4.79 Å². The van der Waals surface area contributed by atoms with Crippen LogP contribution in [-0.2, 0) is 17.8 Å². The molecule has 0 unspecified atom stereocenters. The third kappa shape index (κ3) is 5.46. The summed E-state index contributed by atoms with van der Waals surface area (Å²) in [4.78, 5) is 15.3. The molecular weight excluding hydrogens is 486 g/mol. The fraction of sp³-hybridized carbons (Fsp3) is 0.185. The van der Waals surface area contributed by atoms with Gasteiger partial charge in [-0.1, -0.05) is 78.9 Å². The number of hydrogen-bond donors (Lipinski definition) is 0. The second kappa shape index (κ2) is 11.1. The van der Waals surface area contributed by atoms with E-state index in [1.54, 1.807) is 4.90 Å². The summed E-state index contributed by atoms with van der Waals surface area (Å²) in [5, 5.41) is 0.656. The SMILES string of the molecule is CCOc1cc(/C=C2\SC(=S)N(c3ccc(CC)cc3)C2=O)ccc1OCc1ccccc1Cl. The first kappa shape index (κ1) is 24.3. The minimum Gasteiger partial charge on any atom is -0.490 e. The molecular formula is C27H24ClNO3S2. The molecule has 1 fully saturated rings. The molecule has 4 rings (SSSR count). The van der Waals surface area contributed by atoms with E-state index in [1.807, 2.05) is 79.7 Å². The zero-order valence-electron chi connectivity index (χ0n) is 18.9. The van der Waals surface area contributed by atoms with Crippen molar-refractivity contribution in [1.82, 2.24) is 0 Å². The van der Waals surface area contributed by atoms with Crippen molar-refractivity contribution in [3.8, 4) is 11.5 Å². The van der Waals surface area contributed by atoms with Gasteiger partial charge in [-0.2, -0.15) is 0 Å². The fourth-order valence-corrected chi connectivity index (χ4v) is 4.98. The fourth-order valence-electron chi connectivity index (χ4n) is 3.50. The summed E-state index contributed by atoms with van der Waals surface area (Å²) in [5.41, 5.74) is 3.72. The molecule has 0 aliphatic carbocycles. The van der Waals surface area contributed by atoms with E-state index >= 15 is 0 Å². The lowest BCUT2D eigenvalue weighted by Crippen LogP contribution is -2.27. The molecule has 4 nitrogen and oxygen atoms in total. The van der Waals surface area contributed by atoms with Crippen LogP contribution in [-0.4, -0.2) is 16.8 Å². The van der Waals surface area contributed by atoms with Crippen LogP contribution in [0.4, 0.5) is 5.69 Å². The highest BCUT2D eigenvalue weighted by molar-refractivity contribution is 8.27. The van der Waals surface area contributed by atoms with Gasteiger partial charge in [-0.3, -0.25) is 9.69 Å². The standard InChI is InChI=1S/C27H24ClNO3S2/c1-3-18-9-12-21(13-10-18)29-26(30)25(34-27(29)33)16-19-11-14-23(24(15-19)31-4-2)32-17-20-7-5-6-8-22(20)28/h5-16H,3-4,17H2,1-2H3/b25-16-. The van der Waals surface area contributed by atoms with Crippen LogP contribution in [0.5, 0.6) is 11.5 Å². The first-order chi connectivity index (χ1) is 16.5. The third-order valence-electron chi connectivity index (χ3n) is 5.30. The average molecular weight is 510 g/mol. The number of carbonyl (C=O) groups excluding carboxylic acids is 1. The van der Waals surface area contributed by atoms with Crippen LogP contribution in [0.3, 0.4) is 0 Å². The summed E-state index contributed by atoms with van der Waals surface area (Å²) in [6, 6.07) is 21.1. The number of amides is 1. The molecule has 1 saturated heterocycles. The Morgan fingerprint density at radius 1 is 1.00 bits per heavy atom. The largest absolute Gasteiger partial charge is 0.490 e.